The molecule has 1 rings (SSSR count). The first-order valence-corrected chi connectivity index (χ1v) is 4.18. The summed E-state index contributed by atoms with van der Waals surface area (Å²) < 4.78 is 13.7. The molecule has 1 heterocycles. The largest absolute Gasteiger partial charge is 0.508 e. The van der Waals surface area contributed by atoms with Crippen LogP contribution in [0.3, 0.4) is 0 Å². The molecule has 0 aliphatic carbocycles. The summed E-state index contributed by atoms with van der Waals surface area (Å²) in [5, 5.41) is 0. The SMILES string of the molecule is CCOCC.O=C1OCCCO1. The molecule has 0 atom stereocenters. The van der Waals surface area contributed by atoms with Crippen LogP contribution < -0.4 is 0 Å². The molecule has 72 valence electrons. The van der Waals surface area contributed by atoms with E-state index in [0.717, 1.165) is 19.6 Å². The molecule has 0 N–H and O–H groups in total. The van der Waals surface area contributed by atoms with Crippen molar-refractivity contribution in [1.29, 1.82) is 0 Å². The summed E-state index contributed by atoms with van der Waals surface area (Å²) in [6.07, 6.45) is 0.289. The Labute approximate surface area is 72.8 Å². The molecule has 0 unspecified atom stereocenters. The quantitative estimate of drug-likeness (QED) is 0.599. The van der Waals surface area contributed by atoms with Gasteiger partial charge in [0, 0.05) is 19.6 Å². The predicted octanol–water partition coefficient (Wildman–Crippen LogP) is 1.59. The summed E-state index contributed by atoms with van der Waals surface area (Å²) in [7, 11) is 0. The molecule has 1 aliphatic heterocycles. The van der Waals surface area contributed by atoms with Crippen LogP contribution in [0.5, 0.6) is 0 Å². The fraction of sp³-hybridized carbons (Fsp3) is 0.875. The molecule has 0 radical (unpaired) electrons. The summed E-state index contributed by atoms with van der Waals surface area (Å²) in [6.45, 7) is 6.69. The molecule has 0 bridgehead atoms. The average molecular weight is 176 g/mol. The third-order valence-electron chi connectivity index (χ3n) is 1.14. The lowest BCUT2D eigenvalue weighted by atomic mass is 10.5. The third-order valence-corrected chi connectivity index (χ3v) is 1.14. The average Bonchev–Trinajstić information content (AvgIpc) is 2.08. The highest BCUT2D eigenvalue weighted by Crippen LogP contribution is 1.95. The van der Waals surface area contributed by atoms with Crippen molar-refractivity contribution in [3.05, 3.63) is 0 Å². The van der Waals surface area contributed by atoms with Crippen LogP contribution in [0, 0.1) is 0 Å². The van der Waals surface area contributed by atoms with E-state index in [1.807, 2.05) is 13.8 Å². The van der Waals surface area contributed by atoms with Gasteiger partial charge in [-0.05, 0) is 13.8 Å². The van der Waals surface area contributed by atoms with Crippen LogP contribution in [0.1, 0.15) is 20.3 Å². The van der Waals surface area contributed by atoms with E-state index in [1.165, 1.54) is 0 Å². The van der Waals surface area contributed by atoms with E-state index in [2.05, 4.69) is 9.47 Å². The minimum absolute atomic E-state index is 0.513. The summed E-state index contributed by atoms with van der Waals surface area (Å²) in [6, 6.07) is 0. The maximum Gasteiger partial charge on any atom is 0.508 e. The van der Waals surface area contributed by atoms with Crippen molar-refractivity contribution in [2.24, 2.45) is 0 Å². The van der Waals surface area contributed by atoms with Crippen LogP contribution in [-0.4, -0.2) is 32.6 Å². The van der Waals surface area contributed by atoms with E-state index in [4.69, 9.17) is 4.74 Å². The first kappa shape index (κ1) is 11.2. The van der Waals surface area contributed by atoms with Gasteiger partial charge in [0.05, 0.1) is 13.2 Å². The van der Waals surface area contributed by atoms with E-state index in [-0.39, 0.29) is 0 Å². The lowest BCUT2D eigenvalue weighted by Gasteiger charge is -2.09. The van der Waals surface area contributed by atoms with Crippen LogP contribution >= 0.6 is 0 Å². The summed E-state index contributed by atoms with van der Waals surface area (Å²) in [4.78, 5) is 10.0. The highest BCUT2D eigenvalue weighted by molar-refractivity contribution is 5.60. The van der Waals surface area contributed by atoms with Crippen molar-refractivity contribution in [2.75, 3.05) is 26.4 Å². The standard InChI is InChI=1S/C4H6O3.C4H10O/c5-4-6-2-1-3-7-4;1-3-5-4-2/h1-3H2;3-4H2,1-2H3. The number of carbonyl (C=O) groups is 1. The molecule has 0 amide bonds. The smallest absolute Gasteiger partial charge is 0.434 e. The van der Waals surface area contributed by atoms with Gasteiger partial charge in [-0.1, -0.05) is 0 Å². The molecule has 12 heavy (non-hydrogen) atoms. The second-order valence-corrected chi connectivity index (χ2v) is 2.08. The molecule has 4 heteroatoms. The molecule has 0 saturated carbocycles. The zero-order chi connectivity index (χ0) is 9.23. The molecule has 0 aromatic heterocycles. The van der Waals surface area contributed by atoms with Gasteiger partial charge in [-0.25, -0.2) is 4.79 Å². The van der Waals surface area contributed by atoms with Gasteiger partial charge in [-0.15, -0.1) is 0 Å². The van der Waals surface area contributed by atoms with Crippen molar-refractivity contribution in [3.63, 3.8) is 0 Å². The Morgan fingerprint density at radius 2 is 1.75 bits per heavy atom. The number of hydrogen-bond donors (Lipinski definition) is 0. The van der Waals surface area contributed by atoms with Gasteiger partial charge >= 0.3 is 6.16 Å². The van der Waals surface area contributed by atoms with Crippen LogP contribution in [0.2, 0.25) is 0 Å². The van der Waals surface area contributed by atoms with Crippen molar-refractivity contribution in [3.8, 4) is 0 Å². The van der Waals surface area contributed by atoms with E-state index in [9.17, 15) is 4.79 Å². The second-order valence-electron chi connectivity index (χ2n) is 2.08. The molecular weight excluding hydrogens is 160 g/mol. The minimum atomic E-state index is -0.536. The zero-order valence-electron chi connectivity index (χ0n) is 7.67. The van der Waals surface area contributed by atoms with Gasteiger partial charge in [0.25, 0.3) is 0 Å². The van der Waals surface area contributed by atoms with E-state index >= 15 is 0 Å². The Kier molecular flexibility index (Phi) is 7.79. The van der Waals surface area contributed by atoms with Crippen molar-refractivity contribution < 1.29 is 19.0 Å². The van der Waals surface area contributed by atoms with Crippen molar-refractivity contribution in [2.45, 2.75) is 20.3 Å². The van der Waals surface area contributed by atoms with E-state index in [0.29, 0.717) is 13.2 Å². The topological polar surface area (TPSA) is 44.8 Å². The highest BCUT2D eigenvalue weighted by Gasteiger charge is 2.07. The fourth-order valence-corrected chi connectivity index (χ4v) is 0.616. The van der Waals surface area contributed by atoms with Gasteiger partial charge in [-0.3, -0.25) is 0 Å². The Balaban J connectivity index is 0.000000217. The lowest BCUT2D eigenvalue weighted by Crippen LogP contribution is -2.16. The van der Waals surface area contributed by atoms with E-state index < -0.39 is 6.16 Å². The summed E-state index contributed by atoms with van der Waals surface area (Å²) in [5.74, 6) is 0. The molecule has 0 aromatic carbocycles. The first-order chi connectivity index (χ1) is 5.81. The van der Waals surface area contributed by atoms with Gasteiger partial charge < -0.3 is 14.2 Å². The Hall–Kier alpha value is -0.770. The minimum Gasteiger partial charge on any atom is -0.434 e. The van der Waals surface area contributed by atoms with Crippen LogP contribution in [0.25, 0.3) is 0 Å². The zero-order valence-corrected chi connectivity index (χ0v) is 7.67. The van der Waals surface area contributed by atoms with Crippen LogP contribution in [0.15, 0.2) is 0 Å². The lowest BCUT2D eigenvalue weighted by molar-refractivity contribution is 0.0192. The maximum absolute atomic E-state index is 10.0. The third kappa shape index (κ3) is 7.34. The first-order valence-electron chi connectivity index (χ1n) is 4.18. The van der Waals surface area contributed by atoms with Gasteiger partial charge in [0.1, 0.15) is 0 Å². The Morgan fingerprint density at radius 3 is 1.92 bits per heavy atom. The second kappa shape index (κ2) is 8.33. The fourth-order valence-electron chi connectivity index (χ4n) is 0.616. The monoisotopic (exact) mass is 176 g/mol. The molecule has 4 nitrogen and oxygen atoms in total. The van der Waals surface area contributed by atoms with Gasteiger partial charge in [-0.2, -0.15) is 0 Å². The molecule has 0 aromatic rings. The molecule has 1 fully saturated rings. The van der Waals surface area contributed by atoms with Gasteiger partial charge in [0.2, 0.25) is 0 Å². The number of carbonyl (C=O) groups excluding carboxylic acids is 1. The molecule has 0 spiro atoms. The Bertz CT molecular complexity index is 104. The Morgan fingerprint density at radius 1 is 1.25 bits per heavy atom. The summed E-state index contributed by atoms with van der Waals surface area (Å²) >= 11 is 0. The number of hydrogen-bond acceptors (Lipinski definition) is 4. The van der Waals surface area contributed by atoms with Gasteiger partial charge in [0.15, 0.2) is 0 Å². The molecular formula is C8H16O4. The normalized spacial score (nSPS) is 15.3. The van der Waals surface area contributed by atoms with Crippen LogP contribution in [0.4, 0.5) is 4.79 Å². The summed E-state index contributed by atoms with van der Waals surface area (Å²) in [5.41, 5.74) is 0. The number of cyclic esters (lactones) is 2. The highest BCUT2D eigenvalue weighted by atomic mass is 16.7. The number of rotatable bonds is 2. The van der Waals surface area contributed by atoms with Crippen molar-refractivity contribution in [1.82, 2.24) is 0 Å². The van der Waals surface area contributed by atoms with E-state index in [1.54, 1.807) is 0 Å². The maximum atomic E-state index is 10.0. The predicted molar refractivity (Wildman–Crippen MR) is 44.1 cm³/mol. The van der Waals surface area contributed by atoms with Crippen molar-refractivity contribution >= 4 is 6.16 Å². The molecule has 1 aliphatic rings. The molecule has 1 saturated heterocycles. The number of ether oxygens (including phenoxy) is 3. The van der Waals surface area contributed by atoms with Crippen LogP contribution in [-0.2, 0) is 14.2 Å².